The number of rotatable bonds is 5. The quantitative estimate of drug-likeness (QED) is 0.664. The van der Waals surface area contributed by atoms with E-state index in [-0.39, 0.29) is 0 Å². The Labute approximate surface area is 85.7 Å². The molecule has 1 aromatic rings. The lowest BCUT2D eigenvalue weighted by atomic mass is 10.3. The predicted octanol–water partition coefficient (Wildman–Crippen LogP) is 1.47. The van der Waals surface area contributed by atoms with Gasteiger partial charge in [0.1, 0.15) is 0 Å². The highest BCUT2D eigenvalue weighted by Crippen LogP contribution is 1.99. The van der Waals surface area contributed by atoms with E-state index in [1.54, 1.807) is 0 Å². The first-order chi connectivity index (χ1) is 6.68. The highest BCUT2D eigenvalue weighted by Gasteiger charge is 1.95. The van der Waals surface area contributed by atoms with E-state index in [1.165, 1.54) is 5.56 Å². The standard InChI is InChI=1S/C11H18N2O/c1-10-4-5-11(12-8-10)9-14-7-6-13(2)3/h4-5,8H,6-7,9H2,1-3H3. The van der Waals surface area contributed by atoms with Crippen LogP contribution in [0.2, 0.25) is 0 Å². The van der Waals surface area contributed by atoms with Gasteiger partial charge in [-0.1, -0.05) is 6.07 Å². The van der Waals surface area contributed by atoms with Crippen LogP contribution in [0.15, 0.2) is 18.3 Å². The van der Waals surface area contributed by atoms with Gasteiger partial charge in [-0.15, -0.1) is 0 Å². The largest absolute Gasteiger partial charge is 0.374 e. The summed E-state index contributed by atoms with van der Waals surface area (Å²) in [6.07, 6.45) is 1.87. The highest BCUT2D eigenvalue weighted by molar-refractivity contribution is 5.11. The summed E-state index contributed by atoms with van der Waals surface area (Å²) in [5.74, 6) is 0. The van der Waals surface area contributed by atoms with Gasteiger partial charge < -0.3 is 9.64 Å². The lowest BCUT2D eigenvalue weighted by molar-refractivity contribution is 0.103. The van der Waals surface area contributed by atoms with E-state index in [9.17, 15) is 0 Å². The van der Waals surface area contributed by atoms with Crippen molar-refractivity contribution in [1.29, 1.82) is 0 Å². The number of hydrogen-bond donors (Lipinski definition) is 0. The number of likely N-dealkylation sites (N-methyl/N-ethyl adjacent to an activating group) is 1. The summed E-state index contributed by atoms with van der Waals surface area (Å²) < 4.78 is 5.47. The van der Waals surface area contributed by atoms with Gasteiger partial charge in [0.2, 0.25) is 0 Å². The van der Waals surface area contributed by atoms with Crippen LogP contribution in [0.5, 0.6) is 0 Å². The number of ether oxygens (including phenoxy) is 1. The molecule has 3 heteroatoms. The molecule has 0 amide bonds. The fourth-order valence-corrected chi connectivity index (χ4v) is 1.01. The first-order valence-electron chi connectivity index (χ1n) is 4.82. The maximum absolute atomic E-state index is 5.47. The van der Waals surface area contributed by atoms with Crippen LogP contribution in [-0.4, -0.2) is 37.1 Å². The minimum atomic E-state index is 0.605. The molecule has 0 radical (unpaired) electrons. The Balaban J connectivity index is 2.21. The minimum Gasteiger partial charge on any atom is -0.374 e. The zero-order chi connectivity index (χ0) is 10.4. The van der Waals surface area contributed by atoms with E-state index in [4.69, 9.17) is 4.74 Å². The maximum Gasteiger partial charge on any atom is 0.0888 e. The smallest absolute Gasteiger partial charge is 0.0888 e. The molecular weight excluding hydrogens is 176 g/mol. The van der Waals surface area contributed by atoms with E-state index < -0.39 is 0 Å². The molecule has 0 atom stereocenters. The highest BCUT2D eigenvalue weighted by atomic mass is 16.5. The van der Waals surface area contributed by atoms with E-state index >= 15 is 0 Å². The van der Waals surface area contributed by atoms with Gasteiger partial charge in [0, 0.05) is 12.7 Å². The van der Waals surface area contributed by atoms with Crippen LogP contribution in [-0.2, 0) is 11.3 Å². The summed E-state index contributed by atoms with van der Waals surface area (Å²) in [6.45, 7) is 4.34. The number of pyridine rings is 1. The average Bonchev–Trinajstić information content (AvgIpc) is 2.15. The molecule has 1 heterocycles. The van der Waals surface area contributed by atoms with Crippen molar-refractivity contribution in [3.05, 3.63) is 29.6 Å². The second-order valence-corrected chi connectivity index (χ2v) is 3.68. The lowest BCUT2D eigenvalue weighted by Crippen LogP contribution is -2.18. The van der Waals surface area contributed by atoms with Crippen molar-refractivity contribution in [3.8, 4) is 0 Å². The topological polar surface area (TPSA) is 25.4 Å². The Hall–Kier alpha value is -0.930. The zero-order valence-electron chi connectivity index (χ0n) is 9.16. The molecule has 0 aliphatic rings. The van der Waals surface area contributed by atoms with Crippen molar-refractivity contribution in [2.45, 2.75) is 13.5 Å². The second kappa shape index (κ2) is 5.73. The summed E-state index contributed by atoms with van der Waals surface area (Å²) in [6, 6.07) is 4.06. The normalized spacial score (nSPS) is 10.9. The van der Waals surface area contributed by atoms with Crippen molar-refractivity contribution < 1.29 is 4.74 Å². The molecule has 0 fully saturated rings. The van der Waals surface area contributed by atoms with Crippen molar-refractivity contribution in [1.82, 2.24) is 9.88 Å². The molecule has 0 aromatic carbocycles. The molecule has 1 rings (SSSR count). The third-order valence-electron chi connectivity index (χ3n) is 1.91. The van der Waals surface area contributed by atoms with Gasteiger partial charge in [0.15, 0.2) is 0 Å². The Bertz CT molecular complexity index is 256. The van der Waals surface area contributed by atoms with Gasteiger partial charge in [-0.05, 0) is 32.6 Å². The fourth-order valence-electron chi connectivity index (χ4n) is 1.01. The first-order valence-corrected chi connectivity index (χ1v) is 4.82. The van der Waals surface area contributed by atoms with E-state index in [2.05, 4.69) is 16.0 Å². The predicted molar refractivity (Wildman–Crippen MR) is 57.2 cm³/mol. The SMILES string of the molecule is Cc1ccc(COCCN(C)C)nc1. The van der Waals surface area contributed by atoms with Gasteiger partial charge in [-0.2, -0.15) is 0 Å². The molecule has 0 saturated heterocycles. The molecule has 1 aromatic heterocycles. The van der Waals surface area contributed by atoms with Gasteiger partial charge in [0.05, 0.1) is 18.9 Å². The Morgan fingerprint density at radius 2 is 2.14 bits per heavy atom. The van der Waals surface area contributed by atoms with Crippen LogP contribution in [0.25, 0.3) is 0 Å². The van der Waals surface area contributed by atoms with Crippen molar-refractivity contribution >= 4 is 0 Å². The zero-order valence-corrected chi connectivity index (χ0v) is 9.16. The van der Waals surface area contributed by atoms with Crippen molar-refractivity contribution in [2.75, 3.05) is 27.2 Å². The molecule has 0 N–H and O–H groups in total. The molecule has 0 unspecified atom stereocenters. The number of aryl methyl sites for hydroxylation is 1. The van der Waals surface area contributed by atoms with E-state index in [1.807, 2.05) is 33.3 Å². The van der Waals surface area contributed by atoms with Crippen LogP contribution < -0.4 is 0 Å². The summed E-state index contributed by atoms with van der Waals surface area (Å²) in [5, 5.41) is 0. The Morgan fingerprint density at radius 1 is 1.36 bits per heavy atom. The van der Waals surface area contributed by atoms with Crippen molar-refractivity contribution in [2.24, 2.45) is 0 Å². The van der Waals surface area contributed by atoms with Crippen LogP contribution >= 0.6 is 0 Å². The van der Waals surface area contributed by atoms with Gasteiger partial charge in [-0.25, -0.2) is 0 Å². The Morgan fingerprint density at radius 3 is 2.71 bits per heavy atom. The molecule has 14 heavy (non-hydrogen) atoms. The third kappa shape index (κ3) is 4.35. The van der Waals surface area contributed by atoms with Gasteiger partial charge in [0.25, 0.3) is 0 Å². The molecule has 78 valence electrons. The molecular formula is C11H18N2O. The van der Waals surface area contributed by atoms with Crippen LogP contribution in [0.4, 0.5) is 0 Å². The third-order valence-corrected chi connectivity index (χ3v) is 1.91. The molecule has 3 nitrogen and oxygen atoms in total. The fraction of sp³-hybridized carbons (Fsp3) is 0.545. The monoisotopic (exact) mass is 194 g/mol. The number of hydrogen-bond acceptors (Lipinski definition) is 3. The average molecular weight is 194 g/mol. The maximum atomic E-state index is 5.47. The van der Waals surface area contributed by atoms with Gasteiger partial charge in [-0.3, -0.25) is 4.98 Å². The summed E-state index contributed by atoms with van der Waals surface area (Å²) in [4.78, 5) is 6.36. The van der Waals surface area contributed by atoms with E-state index in [0.29, 0.717) is 6.61 Å². The van der Waals surface area contributed by atoms with Crippen LogP contribution in [0, 0.1) is 6.92 Å². The molecule has 0 spiro atoms. The molecule has 0 saturated carbocycles. The summed E-state index contributed by atoms with van der Waals surface area (Å²) in [5.41, 5.74) is 2.18. The summed E-state index contributed by atoms with van der Waals surface area (Å²) >= 11 is 0. The molecule has 0 bridgehead atoms. The van der Waals surface area contributed by atoms with Crippen LogP contribution in [0.3, 0.4) is 0 Å². The van der Waals surface area contributed by atoms with Crippen LogP contribution in [0.1, 0.15) is 11.3 Å². The van der Waals surface area contributed by atoms with E-state index in [0.717, 1.165) is 18.8 Å². The summed E-state index contributed by atoms with van der Waals surface area (Å²) in [7, 11) is 4.07. The van der Waals surface area contributed by atoms with Gasteiger partial charge >= 0.3 is 0 Å². The second-order valence-electron chi connectivity index (χ2n) is 3.68. The first kappa shape index (κ1) is 11.1. The number of nitrogens with zero attached hydrogens (tertiary/aromatic N) is 2. The Kier molecular flexibility index (Phi) is 4.56. The molecule has 0 aliphatic heterocycles. The minimum absolute atomic E-state index is 0.605. The molecule has 0 aliphatic carbocycles. The lowest BCUT2D eigenvalue weighted by Gasteiger charge is -2.09. The van der Waals surface area contributed by atoms with Crippen molar-refractivity contribution in [3.63, 3.8) is 0 Å². The number of aromatic nitrogens is 1.